The highest BCUT2D eigenvalue weighted by atomic mass is 19.1. The number of benzene rings is 2. The molecule has 0 unspecified atom stereocenters. The van der Waals surface area contributed by atoms with Crippen LogP contribution in [0.1, 0.15) is 23.2 Å². The number of amides is 2. The third-order valence-electron chi connectivity index (χ3n) is 4.23. The Balaban J connectivity index is 1.75. The molecule has 0 aromatic heterocycles. The van der Waals surface area contributed by atoms with E-state index in [1.807, 2.05) is 0 Å². The van der Waals surface area contributed by atoms with Crippen LogP contribution in [-0.4, -0.2) is 36.4 Å². The number of nitrogens with zero attached hydrogens (tertiary/aromatic N) is 1. The highest BCUT2D eigenvalue weighted by Gasteiger charge is 2.34. The second kappa shape index (κ2) is 7.34. The summed E-state index contributed by atoms with van der Waals surface area (Å²) in [7, 11) is 1.54. The molecule has 1 heterocycles. The average molecular weight is 342 g/mol. The first-order valence-corrected chi connectivity index (χ1v) is 8.10. The third kappa shape index (κ3) is 3.79. The monoisotopic (exact) mass is 342 g/mol. The van der Waals surface area contributed by atoms with Crippen LogP contribution in [0.15, 0.2) is 48.5 Å². The predicted molar refractivity (Wildman–Crippen MR) is 92.1 cm³/mol. The first kappa shape index (κ1) is 17.0. The van der Waals surface area contributed by atoms with Gasteiger partial charge in [0, 0.05) is 17.8 Å². The SMILES string of the molecule is COc1cccc(C(=O)N2CCC[C@H]2C(=O)Nc2cccc(F)c2)c1. The van der Waals surface area contributed by atoms with E-state index in [9.17, 15) is 14.0 Å². The van der Waals surface area contributed by atoms with Gasteiger partial charge in [0.05, 0.1) is 7.11 Å². The van der Waals surface area contributed by atoms with Gasteiger partial charge >= 0.3 is 0 Å². The lowest BCUT2D eigenvalue weighted by atomic mass is 10.1. The van der Waals surface area contributed by atoms with Crippen LogP contribution in [0.4, 0.5) is 10.1 Å². The Morgan fingerprint density at radius 1 is 1.20 bits per heavy atom. The maximum absolute atomic E-state index is 13.3. The lowest BCUT2D eigenvalue weighted by Gasteiger charge is -2.24. The van der Waals surface area contributed by atoms with Crippen molar-refractivity contribution < 1.29 is 18.7 Å². The van der Waals surface area contributed by atoms with E-state index in [1.165, 1.54) is 25.3 Å². The van der Waals surface area contributed by atoms with Crippen LogP contribution in [0.2, 0.25) is 0 Å². The Bertz CT molecular complexity index is 794. The second-order valence-corrected chi connectivity index (χ2v) is 5.89. The van der Waals surface area contributed by atoms with Gasteiger partial charge in [0.2, 0.25) is 5.91 Å². The first-order chi connectivity index (χ1) is 12.1. The van der Waals surface area contributed by atoms with E-state index in [0.29, 0.717) is 30.0 Å². The van der Waals surface area contributed by atoms with Crippen molar-refractivity contribution in [2.24, 2.45) is 0 Å². The molecule has 0 bridgehead atoms. The number of likely N-dealkylation sites (tertiary alicyclic amines) is 1. The molecule has 2 amide bonds. The maximum Gasteiger partial charge on any atom is 0.254 e. The molecular formula is C19H19FN2O3. The molecule has 1 aliphatic rings. The van der Waals surface area contributed by atoms with Gasteiger partial charge in [-0.3, -0.25) is 9.59 Å². The number of ether oxygens (including phenoxy) is 1. The van der Waals surface area contributed by atoms with Gasteiger partial charge in [-0.15, -0.1) is 0 Å². The van der Waals surface area contributed by atoms with Gasteiger partial charge < -0.3 is 15.0 Å². The van der Waals surface area contributed by atoms with Crippen molar-refractivity contribution in [3.05, 3.63) is 59.9 Å². The molecule has 2 aromatic carbocycles. The van der Waals surface area contributed by atoms with Gasteiger partial charge in [0.25, 0.3) is 5.91 Å². The topological polar surface area (TPSA) is 58.6 Å². The van der Waals surface area contributed by atoms with E-state index < -0.39 is 11.9 Å². The zero-order chi connectivity index (χ0) is 17.8. The molecule has 130 valence electrons. The van der Waals surface area contributed by atoms with Crippen molar-refractivity contribution in [3.8, 4) is 5.75 Å². The lowest BCUT2D eigenvalue weighted by molar-refractivity contribution is -0.119. The van der Waals surface area contributed by atoms with Crippen LogP contribution >= 0.6 is 0 Å². The zero-order valence-corrected chi connectivity index (χ0v) is 13.9. The van der Waals surface area contributed by atoms with Gasteiger partial charge in [0.15, 0.2) is 0 Å². The van der Waals surface area contributed by atoms with Crippen molar-refractivity contribution in [1.29, 1.82) is 0 Å². The molecule has 5 nitrogen and oxygen atoms in total. The molecule has 1 aliphatic heterocycles. The molecule has 1 N–H and O–H groups in total. The number of anilines is 1. The van der Waals surface area contributed by atoms with Crippen molar-refractivity contribution in [3.63, 3.8) is 0 Å². The zero-order valence-electron chi connectivity index (χ0n) is 13.9. The van der Waals surface area contributed by atoms with E-state index in [1.54, 1.807) is 35.2 Å². The fourth-order valence-electron chi connectivity index (χ4n) is 3.00. The van der Waals surface area contributed by atoms with E-state index in [4.69, 9.17) is 4.74 Å². The fourth-order valence-corrected chi connectivity index (χ4v) is 3.00. The van der Waals surface area contributed by atoms with Gasteiger partial charge in [-0.1, -0.05) is 12.1 Å². The molecule has 0 aliphatic carbocycles. The number of halogens is 1. The summed E-state index contributed by atoms with van der Waals surface area (Å²) in [5.74, 6) is -0.352. The Morgan fingerprint density at radius 3 is 2.76 bits per heavy atom. The number of carbonyl (C=O) groups is 2. The normalized spacial score (nSPS) is 16.6. The summed E-state index contributed by atoms with van der Waals surface area (Å²) in [5.41, 5.74) is 0.857. The molecule has 0 saturated carbocycles. The van der Waals surface area contributed by atoms with Gasteiger partial charge in [-0.25, -0.2) is 4.39 Å². The van der Waals surface area contributed by atoms with Crippen molar-refractivity contribution in [2.75, 3.05) is 19.0 Å². The summed E-state index contributed by atoms with van der Waals surface area (Å²) in [4.78, 5) is 26.9. The molecule has 0 spiro atoms. The van der Waals surface area contributed by atoms with E-state index in [2.05, 4.69) is 5.32 Å². The van der Waals surface area contributed by atoms with Crippen molar-refractivity contribution in [2.45, 2.75) is 18.9 Å². The van der Waals surface area contributed by atoms with Crippen LogP contribution in [0.3, 0.4) is 0 Å². The van der Waals surface area contributed by atoms with Crippen LogP contribution < -0.4 is 10.1 Å². The third-order valence-corrected chi connectivity index (χ3v) is 4.23. The standard InChI is InChI=1S/C19H19FN2O3/c1-25-16-8-2-5-13(11-16)19(24)22-10-4-9-17(22)18(23)21-15-7-3-6-14(20)12-15/h2-3,5-8,11-12,17H,4,9-10H2,1H3,(H,21,23)/t17-/m0/s1. The number of hydrogen-bond donors (Lipinski definition) is 1. The molecule has 1 saturated heterocycles. The Labute approximate surface area is 145 Å². The van der Waals surface area contributed by atoms with Gasteiger partial charge in [-0.2, -0.15) is 0 Å². The summed E-state index contributed by atoms with van der Waals surface area (Å²) in [6, 6.07) is 12.0. The Kier molecular flexibility index (Phi) is 4.97. The second-order valence-electron chi connectivity index (χ2n) is 5.89. The molecule has 2 aromatic rings. The highest BCUT2D eigenvalue weighted by Crippen LogP contribution is 2.23. The van der Waals surface area contributed by atoms with E-state index in [0.717, 1.165) is 6.42 Å². The van der Waals surface area contributed by atoms with Crippen LogP contribution in [-0.2, 0) is 4.79 Å². The molecular weight excluding hydrogens is 323 g/mol. The summed E-state index contributed by atoms with van der Waals surface area (Å²) in [6.07, 6.45) is 1.33. The molecule has 1 fully saturated rings. The fraction of sp³-hybridized carbons (Fsp3) is 0.263. The lowest BCUT2D eigenvalue weighted by Crippen LogP contribution is -2.43. The minimum atomic E-state index is -0.568. The van der Waals surface area contributed by atoms with Crippen molar-refractivity contribution in [1.82, 2.24) is 4.90 Å². The summed E-state index contributed by atoms with van der Waals surface area (Å²) in [5, 5.41) is 2.69. The van der Waals surface area contributed by atoms with Crippen LogP contribution in [0, 0.1) is 5.82 Å². The van der Waals surface area contributed by atoms with E-state index in [-0.39, 0.29) is 11.8 Å². The minimum Gasteiger partial charge on any atom is -0.497 e. The average Bonchev–Trinajstić information content (AvgIpc) is 3.11. The summed E-state index contributed by atoms with van der Waals surface area (Å²) < 4.78 is 18.4. The Hall–Kier alpha value is -2.89. The van der Waals surface area contributed by atoms with Gasteiger partial charge in [-0.05, 0) is 49.2 Å². The predicted octanol–water partition coefficient (Wildman–Crippen LogP) is 3.08. The van der Waals surface area contributed by atoms with Crippen LogP contribution in [0.5, 0.6) is 5.75 Å². The quantitative estimate of drug-likeness (QED) is 0.929. The summed E-state index contributed by atoms with van der Waals surface area (Å²) in [6.45, 7) is 0.511. The number of rotatable bonds is 4. The molecule has 1 atom stereocenters. The van der Waals surface area contributed by atoms with Crippen LogP contribution in [0.25, 0.3) is 0 Å². The molecule has 6 heteroatoms. The number of carbonyl (C=O) groups excluding carboxylic acids is 2. The molecule has 0 radical (unpaired) electrons. The highest BCUT2D eigenvalue weighted by molar-refractivity contribution is 6.01. The maximum atomic E-state index is 13.3. The molecule has 3 rings (SSSR count). The Morgan fingerprint density at radius 2 is 2.00 bits per heavy atom. The smallest absolute Gasteiger partial charge is 0.254 e. The van der Waals surface area contributed by atoms with Crippen molar-refractivity contribution >= 4 is 17.5 Å². The number of nitrogens with one attached hydrogen (secondary N) is 1. The summed E-state index contributed by atoms with van der Waals surface area (Å²) >= 11 is 0. The largest absolute Gasteiger partial charge is 0.497 e. The number of hydrogen-bond acceptors (Lipinski definition) is 3. The first-order valence-electron chi connectivity index (χ1n) is 8.10. The number of methoxy groups -OCH3 is 1. The molecule has 25 heavy (non-hydrogen) atoms. The van der Waals surface area contributed by atoms with E-state index >= 15 is 0 Å². The minimum absolute atomic E-state index is 0.212. The van der Waals surface area contributed by atoms with Gasteiger partial charge in [0.1, 0.15) is 17.6 Å².